The SMILES string of the molecule is CCc1nn2c3c(nnc2c1-c1cccc(Cl)c1)C(=O)CC(c1cccc(Cl)c1)C3. The van der Waals surface area contributed by atoms with Crippen molar-refractivity contribution in [3.8, 4) is 11.1 Å². The maximum Gasteiger partial charge on any atom is 0.185 e. The predicted molar refractivity (Wildman–Crippen MR) is 117 cm³/mol. The quantitative estimate of drug-likeness (QED) is 0.420. The molecule has 0 spiro atoms. The molecule has 0 bridgehead atoms. The van der Waals surface area contributed by atoms with Gasteiger partial charge in [0.05, 0.1) is 17.0 Å². The molecule has 2 aromatic carbocycles. The molecule has 5 nitrogen and oxygen atoms in total. The van der Waals surface area contributed by atoms with Gasteiger partial charge in [-0.3, -0.25) is 4.79 Å². The lowest BCUT2D eigenvalue weighted by Crippen LogP contribution is -2.24. The molecule has 1 aliphatic carbocycles. The van der Waals surface area contributed by atoms with Gasteiger partial charge in [-0.05, 0) is 54.2 Å². The smallest absolute Gasteiger partial charge is 0.185 e. The molecule has 1 unspecified atom stereocenters. The first-order valence-corrected chi connectivity index (χ1v) is 10.6. The van der Waals surface area contributed by atoms with E-state index in [4.69, 9.17) is 28.3 Å². The summed E-state index contributed by atoms with van der Waals surface area (Å²) in [6.45, 7) is 2.05. The van der Waals surface area contributed by atoms with E-state index in [9.17, 15) is 4.79 Å². The second-order valence-electron chi connectivity index (χ2n) is 7.50. The number of rotatable bonds is 3. The average molecular weight is 437 g/mol. The first kappa shape index (κ1) is 19.2. The predicted octanol–water partition coefficient (Wildman–Crippen LogP) is 5.57. The highest BCUT2D eigenvalue weighted by Gasteiger charge is 2.31. The van der Waals surface area contributed by atoms with Crippen molar-refractivity contribution in [3.63, 3.8) is 0 Å². The van der Waals surface area contributed by atoms with Crippen LogP contribution in [0.15, 0.2) is 48.5 Å². The molecule has 1 atom stereocenters. The Kier molecular flexibility index (Phi) is 4.80. The topological polar surface area (TPSA) is 60.1 Å². The molecule has 30 heavy (non-hydrogen) atoms. The van der Waals surface area contributed by atoms with Crippen LogP contribution in [0.4, 0.5) is 0 Å². The maximum absolute atomic E-state index is 12.9. The van der Waals surface area contributed by atoms with Crippen LogP contribution < -0.4 is 0 Å². The Morgan fingerprint density at radius 1 is 1.03 bits per heavy atom. The highest BCUT2D eigenvalue weighted by molar-refractivity contribution is 6.31. The Balaban J connectivity index is 1.69. The molecular formula is C23H18Cl2N4O. The van der Waals surface area contributed by atoms with E-state index in [1.54, 1.807) is 4.52 Å². The number of hydrogen-bond donors (Lipinski definition) is 0. The summed E-state index contributed by atoms with van der Waals surface area (Å²) in [5, 5.41) is 14.8. The van der Waals surface area contributed by atoms with E-state index in [1.165, 1.54) is 0 Å². The number of ketones is 1. The molecule has 2 heterocycles. The first-order chi connectivity index (χ1) is 14.5. The summed E-state index contributed by atoms with van der Waals surface area (Å²) in [5.41, 5.74) is 5.65. The number of nitrogens with zero attached hydrogens (tertiary/aromatic N) is 4. The summed E-state index contributed by atoms with van der Waals surface area (Å²) >= 11 is 12.4. The molecule has 4 aromatic rings. The Morgan fingerprint density at radius 2 is 1.80 bits per heavy atom. The highest BCUT2D eigenvalue weighted by Crippen LogP contribution is 2.35. The van der Waals surface area contributed by atoms with E-state index >= 15 is 0 Å². The number of aromatic nitrogens is 4. The van der Waals surface area contributed by atoms with Gasteiger partial charge in [0.1, 0.15) is 0 Å². The summed E-state index contributed by atoms with van der Waals surface area (Å²) in [4.78, 5) is 12.9. The normalized spacial score (nSPS) is 16.1. The number of carbonyl (C=O) groups excluding carboxylic acids is 1. The first-order valence-electron chi connectivity index (χ1n) is 9.87. The number of halogens is 2. The minimum absolute atomic E-state index is 0.0199. The van der Waals surface area contributed by atoms with Crippen molar-refractivity contribution < 1.29 is 4.79 Å². The van der Waals surface area contributed by atoms with E-state index in [2.05, 4.69) is 17.1 Å². The van der Waals surface area contributed by atoms with Gasteiger partial charge in [-0.15, -0.1) is 10.2 Å². The van der Waals surface area contributed by atoms with Crippen molar-refractivity contribution >= 4 is 34.6 Å². The fourth-order valence-corrected chi connectivity index (χ4v) is 4.59. The number of Topliss-reactive ketones (excluding diaryl/α,β-unsaturated/α-hetero) is 1. The fourth-order valence-electron chi connectivity index (χ4n) is 4.20. The van der Waals surface area contributed by atoms with Crippen LogP contribution in [0.5, 0.6) is 0 Å². The van der Waals surface area contributed by atoms with Gasteiger partial charge in [0.25, 0.3) is 0 Å². The zero-order valence-electron chi connectivity index (χ0n) is 16.3. The van der Waals surface area contributed by atoms with Crippen LogP contribution in [0.1, 0.15) is 46.7 Å². The Hall–Kier alpha value is -2.76. The van der Waals surface area contributed by atoms with E-state index in [0.717, 1.165) is 34.5 Å². The van der Waals surface area contributed by atoms with Crippen molar-refractivity contribution in [3.05, 3.63) is 81.2 Å². The van der Waals surface area contributed by atoms with Crippen molar-refractivity contribution in [1.29, 1.82) is 0 Å². The van der Waals surface area contributed by atoms with E-state index in [-0.39, 0.29) is 11.7 Å². The van der Waals surface area contributed by atoms with Crippen LogP contribution in [0.25, 0.3) is 16.8 Å². The zero-order valence-corrected chi connectivity index (χ0v) is 17.8. The van der Waals surface area contributed by atoms with Gasteiger partial charge in [0, 0.05) is 16.5 Å². The van der Waals surface area contributed by atoms with E-state index in [1.807, 2.05) is 48.5 Å². The van der Waals surface area contributed by atoms with Gasteiger partial charge in [-0.25, -0.2) is 4.52 Å². The summed E-state index contributed by atoms with van der Waals surface area (Å²) < 4.78 is 1.80. The van der Waals surface area contributed by atoms with Crippen LogP contribution in [0.2, 0.25) is 10.0 Å². The lowest BCUT2D eigenvalue weighted by molar-refractivity contribution is 0.0955. The van der Waals surface area contributed by atoms with Crippen LogP contribution in [-0.4, -0.2) is 25.6 Å². The molecule has 1 aliphatic rings. The van der Waals surface area contributed by atoms with Crippen molar-refractivity contribution in [2.45, 2.75) is 32.1 Å². The fraction of sp³-hybridized carbons (Fsp3) is 0.217. The minimum Gasteiger partial charge on any atom is -0.292 e. The molecule has 5 rings (SSSR count). The van der Waals surface area contributed by atoms with E-state index < -0.39 is 0 Å². The van der Waals surface area contributed by atoms with Gasteiger partial charge < -0.3 is 0 Å². The van der Waals surface area contributed by atoms with Gasteiger partial charge in [-0.1, -0.05) is 54.4 Å². The van der Waals surface area contributed by atoms with Gasteiger partial charge >= 0.3 is 0 Å². The zero-order chi connectivity index (χ0) is 20.8. The lowest BCUT2D eigenvalue weighted by atomic mass is 9.83. The minimum atomic E-state index is -0.0199. The highest BCUT2D eigenvalue weighted by atomic mass is 35.5. The molecule has 0 saturated carbocycles. The molecule has 2 aromatic heterocycles. The van der Waals surface area contributed by atoms with Crippen molar-refractivity contribution in [2.75, 3.05) is 0 Å². The van der Waals surface area contributed by atoms with Crippen molar-refractivity contribution in [1.82, 2.24) is 19.8 Å². The third-order valence-electron chi connectivity index (χ3n) is 5.61. The average Bonchev–Trinajstić information content (AvgIpc) is 3.13. The molecule has 0 saturated heterocycles. The number of fused-ring (bicyclic) bond motifs is 3. The standard InChI is InChI=1S/C23H18Cl2N4O/c1-2-18-21(14-6-4-8-17(25)10-14)23-27-26-22-19(29(23)28-18)11-15(12-20(22)30)13-5-3-7-16(24)9-13/h3-10,15H,2,11-12H2,1H3. The number of carbonyl (C=O) groups is 1. The van der Waals surface area contributed by atoms with Gasteiger partial charge in [-0.2, -0.15) is 5.10 Å². The molecule has 150 valence electrons. The molecule has 0 fully saturated rings. The third kappa shape index (κ3) is 3.18. The number of benzene rings is 2. The largest absolute Gasteiger partial charge is 0.292 e. The maximum atomic E-state index is 12.9. The van der Waals surface area contributed by atoms with Crippen molar-refractivity contribution in [2.24, 2.45) is 0 Å². The molecule has 7 heteroatoms. The molecule has 0 radical (unpaired) electrons. The van der Waals surface area contributed by atoms with Crippen LogP contribution in [0.3, 0.4) is 0 Å². The van der Waals surface area contributed by atoms with Crippen LogP contribution in [-0.2, 0) is 12.8 Å². The third-order valence-corrected chi connectivity index (χ3v) is 6.08. The molecule has 0 amide bonds. The monoisotopic (exact) mass is 436 g/mol. The number of hydrogen-bond acceptors (Lipinski definition) is 4. The van der Waals surface area contributed by atoms with Crippen LogP contribution >= 0.6 is 23.2 Å². The van der Waals surface area contributed by atoms with Crippen LogP contribution in [0, 0.1) is 0 Å². The second-order valence-corrected chi connectivity index (χ2v) is 8.37. The lowest BCUT2D eigenvalue weighted by Gasteiger charge is -2.23. The molecule has 0 aliphatic heterocycles. The molecule has 0 N–H and O–H groups in total. The summed E-state index contributed by atoms with van der Waals surface area (Å²) in [6.07, 6.45) is 1.76. The van der Waals surface area contributed by atoms with Gasteiger partial charge in [0.2, 0.25) is 0 Å². The Labute approximate surface area is 183 Å². The summed E-state index contributed by atoms with van der Waals surface area (Å²) in [7, 11) is 0. The summed E-state index contributed by atoms with van der Waals surface area (Å²) in [5.74, 6) is 0.00785. The molecular weight excluding hydrogens is 419 g/mol. The second kappa shape index (κ2) is 7.49. The number of aryl methyl sites for hydroxylation is 1. The Bertz CT molecular complexity index is 1300. The van der Waals surface area contributed by atoms with Gasteiger partial charge in [0.15, 0.2) is 17.1 Å². The summed E-state index contributed by atoms with van der Waals surface area (Å²) in [6, 6.07) is 15.3. The Morgan fingerprint density at radius 3 is 2.53 bits per heavy atom. The van der Waals surface area contributed by atoms with E-state index in [0.29, 0.717) is 34.2 Å².